The summed E-state index contributed by atoms with van der Waals surface area (Å²) in [5, 5.41) is 2.69. The first-order valence-corrected chi connectivity index (χ1v) is 4.25. The van der Waals surface area contributed by atoms with Crippen molar-refractivity contribution in [3.63, 3.8) is 0 Å². The van der Waals surface area contributed by atoms with Gasteiger partial charge in [-0.2, -0.15) is 0 Å². The highest BCUT2D eigenvalue weighted by Crippen LogP contribution is 1.78. The lowest BCUT2D eigenvalue weighted by Crippen LogP contribution is -2.25. The summed E-state index contributed by atoms with van der Waals surface area (Å²) < 4.78 is 4.79. The summed E-state index contributed by atoms with van der Waals surface area (Å²) in [5.41, 5.74) is 0. The smallest absolute Gasteiger partial charge is 0.243 e. The second-order valence-corrected chi connectivity index (χ2v) is 2.95. The zero-order chi connectivity index (χ0) is 10.1. The van der Waals surface area contributed by atoms with Crippen molar-refractivity contribution in [3.8, 4) is 0 Å². The van der Waals surface area contributed by atoms with Gasteiger partial charge in [0.2, 0.25) is 5.91 Å². The van der Waals surface area contributed by atoms with E-state index in [0.717, 1.165) is 6.54 Å². The third kappa shape index (κ3) is 9.04. The van der Waals surface area contributed by atoms with E-state index in [4.69, 9.17) is 4.74 Å². The molecular formula is C9H18N2O2. The molecule has 0 saturated heterocycles. The van der Waals surface area contributed by atoms with Crippen LogP contribution in [0.3, 0.4) is 0 Å². The Morgan fingerprint density at radius 3 is 2.77 bits per heavy atom. The SMILES string of the molecule is COCCNC(=O)/C=C/CN(C)C. The molecule has 0 aromatic rings. The predicted molar refractivity (Wildman–Crippen MR) is 52.6 cm³/mol. The number of nitrogens with one attached hydrogen (secondary N) is 1. The van der Waals surface area contributed by atoms with Crippen LogP contribution < -0.4 is 5.32 Å². The third-order valence-electron chi connectivity index (χ3n) is 1.35. The minimum Gasteiger partial charge on any atom is -0.383 e. The lowest BCUT2D eigenvalue weighted by molar-refractivity contribution is -0.116. The topological polar surface area (TPSA) is 41.6 Å². The van der Waals surface area contributed by atoms with Crippen LogP contribution in [0.25, 0.3) is 0 Å². The van der Waals surface area contributed by atoms with Crippen molar-refractivity contribution >= 4 is 5.91 Å². The van der Waals surface area contributed by atoms with E-state index in [9.17, 15) is 4.79 Å². The molecule has 0 atom stereocenters. The first-order chi connectivity index (χ1) is 6.16. The molecule has 0 aromatic carbocycles. The van der Waals surface area contributed by atoms with Gasteiger partial charge in [-0.25, -0.2) is 0 Å². The van der Waals surface area contributed by atoms with Crippen LogP contribution in [0, 0.1) is 0 Å². The van der Waals surface area contributed by atoms with Gasteiger partial charge in [-0.15, -0.1) is 0 Å². The summed E-state index contributed by atoms with van der Waals surface area (Å²) in [4.78, 5) is 13.0. The minimum absolute atomic E-state index is 0.0705. The molecular weight excluding hydrogens is 168 g/mol. The van der Waals surface area contributed by atoms with E-state index in [0.29, 0.717) is 13.2 Å². The quantitative estimate of drug-likeness (QED) is 0.464. The minimum atomic E-state index is -0.0705. The molecule has 0 fully saturated rings. The average Bonchev–Trinajstić information content (AvgIpc) is 2.04. The molecule has 0 saturated carbocycles. The molecule has 0 aromatic heterocycles. The third-order valence-corrected chi connectivity index (χ3v) is 1.35. The number of likely N-dealkylation sites (N-methyl/N-ethyl adjacent to an activating group) is 1. The standard InChI is InChI=1S/C9H18N2O2/c1-11(2)7-4-5-9(12)10-6-8-13-3/h4-5H,6-8H2,1-3H3,(H,10,12)/b5-4+. The van der Waals surface area contributed by atoms with Crippen molar-refractivity contribution in [2.45, 2.75) is 0 Å². The number of rotatable bonds is 6. The van der Waals surface area contributed by atoms with Crippen molar-refractivity contribution in [1.82, 2.24) is 10.2 Å². The normalized spacial score (nSPS) is 11.1. The fraction of sp³-hybridized carbons (Fsp3) is 0.667. The Morgan fingerprint density at radius 1 is 1.54 bits per heavy atom. The van der Waals surface area contributed by atoms with Gasteiger partial charge in [0.15, 0.2) is 0 Å². The highest BCUT2D eigenvalue weighted by Gasteiger charge is 1.92. The summed E-state index contributed by atoms with van der Waals surface area (Å²) in [6, 6.07) is 0. The van der Waals surface area contributed by atoms with Gasteiger partial charge >= 0.3 is 0 Å². The number of ether oxygens (including phenoxy) is 1. The van der Waals surface area contributed by atoms with Crippen LogP contribution in [-0.2, 0) is 9.53 Å². The van der Waals surface area contributed by atoms with Crippen LogP contribution in [0.2, 0.25) is 0 Å². The van der Waals surface area contributed by atoms with Crippen LogP contribution in [0.1, 0.15) is 0 Å². The van der Waals surface area contributed by atoms with Gasteiger partial charge in [0.25, 0.3) is 0 Å². The molecule has 0 heterocycles. The van der Waals surface area contributed by atoms with E-state index < -0.39 is 0 Å². The number of carbonyl (C=O) groups excluding carboxylic acids is 1. The molecule has 0 unspecified atom stereocenters. The highest BCUT2D eigenvalue weighted by molar-refractivity contribution is 5.87. The van der Waals surface area contributed by atoms with Gasteiger partial charge in [0.05, 0.1) is 6.61 Å². The fourth-order valence-corrected chi connectivity index (χ4v) is 0.706. The molecule has 0 bridgehead atoms. The second-order valence-electron chi connectivity index (χ2n) is 2.95. The Balaban J connectivity index is 3.44. The second kappa shape index (κ2) is 7.76. The monoisotopic (exact) mass is 186 g/mol. The van der Waals surface area contributed by atoms with E-state index in [2.05, 4.69) is 5.32 Å². The molecule has 0 aliphatic carbocycles. The van der Waals surface area contributed by atoms with Gasteiger partial charge in [-0.3, -0.25) is 4.79 Å². The molecule has 0 aliphatic heterocycles. The summed E-state index contributed by atoms with van der Waals surface area (Å²) in [7, 11) is 5.51. The number of amides is 1. The van der Waals surface area contributed by atoms with E-state index >= 15 is 0 Å². The lowest BCUT2D eigenvalue weighted by atomic mass is 10.4. The molecule has 0 radical (unpaired) electrons. The van der Waals surface area contributed by atoms with Crippen LogP contribution in [0.4, 0.5) is 0 Å². The number of nitrogens with zero attached hydrogens (tertiary/aromatic N) is 1. The maximum absolute atomic E-state index is 11.0. The van der Waals surface area contributed by atoms with E-state index in [1.54, 1.807) is 7.11 Å². The Kier molecular flexibility index (Phi) is 7.24. The highest BCUT2D eigenvalue weighted by atomic mass is 16.5. The van der Waals surface area contributed by atoms with Gasteiger partial charge in [0.1, 0.15) is 0 Å². The van der Waals surface area contributed by atoms with Crippen molar-refractivity contribution in [2.24, 2.45) is 0 Å². The predicted octanol–water partition coefficient (Wildman–Crippen LogP) is -0.133. The first kappa shape index (κ1) is 12.1. The van der Waals surface area contributed by atoms with Crippen molar-refractivity contribution in [1.29, 1.82) is 0 Å². The van der Waals surface area contributed by atoms with Crippen molar-refractivity contribution in [2.75, 3.05) is 40.9 Å². The maximum atomic E-state index is 11.0. The average molecular weight is 186 g/mol. The van der Waals surface area contributed by atoms with Crippen LogP contribution >= 0.6 is 0 Å². The van der Waals surface area contributed by atoms with Crippen LogP contribution in [0.5, 0.6) is 0 Å². The van der Waals surface area contributed by atoms with E-state index in [1.165, 1.54) is 6.08 Å². The number of methoxy groups -OCH3 is 1. The van der Waals surface area contributed by atoms with E-state index in [-0.39, 0.29) is 5.91 Å². The summed E-state index contributed by atoms with van der Waals surface area (Å²) in [6.45, 7) is 1.88. The maximum Gasteiger partial charge on any atom is 0.243 e. The Hall–Kier alpha value is -0.870. The zero-order valence-electron chi connectivity index (χ0n) is 8.54. The van der Waals surface area contributed by atoms with Gasteiger partial charge in [-0.1, -0.05) is 6.08 Å². The van der Waals surface area contributed by atoms with E-state index in [1.807, 2.05) is 25.1 Å². The number of hydrogen-bond acceptors (Lipinski definition) is 3. The first-order valence-electron chi connectivity index (χ1n) is 4.25. The largest absolute Gasteiger partial charge is 0.383 e. The molecule has 13 heavy (non-hydrogen) atoms. The number of hydrogen-bond donors (Lipinski definition) is 1. The fourth-order valence-electron chi connectivity index (χ4n) is 0.706. The Labute approximate surface area is 79.6 Å². The summed E-state index contributed by atoms with van der Waals surface area (Å²) in [5.74, 6) is -0.0705. The molecule has 4 nitrogen and oxygen atoms in total. The van der Waals surface area contributed by atoms with Crippen molar-refractivity contribution < 1.29 is 9.53 Å². The zero-order valence-corrected chi connectivity index (χ0v) is 8.54. The molecule has 1 amide bonds. The molecule has 0 rings (SSSR count). The molecule has 1 N–H and O–H groups in total. The lowest BCUT2D eigenvalue weighted by Gasteiger charge is -2.04. The van der Waals surface area contributed by atoms with Crippen LogP contribution in [0.15, 0.2) is 12.2 Å². The van der Waals surface area contributed by atoms with Crippen LogP contribution in [-0.4, -0.2) is 51.7 Å². The number of carbonyl (C=O) groups is 1. The Morgan fingerprint density at radius 2 is 2.23 bits per heavy atom. The van der Waals surface area contributed by atoms with Gasteiger partial charge < -0.3 is 15.0 Å². The Bertz CT molecular complexity index is 167. The van der Waals surface area contributed by atoms with Crippen molar-refractivity contribution in [3.05, 3.63) is 12.2 Å². The molecule has 4 heteroatoms. The molecule has 0 spiro atoms. The summed E-state index contributed by atoms with van der Waals surface area (Å²) >= 11 is 0. The summed E-state index contributed by atoms with van der Waals surface area (Å²) in [6.07, 6.45) is 3.36. The van der Waals surface area contributed by atoms with Gasteiger partial charge in [-0.05, 0) is 14.1 Å². The van der Waals surface area contributed by atoms with Gasteiger partial charge in [0, 0.05) is 26.3 Å². The molecule has 76 valence electrons. The molecule has 0 aliphatic rings.